The number of ether oxygens (including phenoxy) is 1. The lowest BCUT2D eigenvalue weighted by molar-refractivity contribution is -0.164. The van der Waals surface area contributed by atoms with Crippen molar-refractivity contribution in [1.29, 1.82) is 0 Å². The smallest absolute Gasteiger partial charge is 0.313 e. The van der Waals surface area contributed by atoms with E-state index in [-0.39, 0.29) is 5.97 Å². The molecule has 0 aliphatic carbocycles. The van der Waals surface area contributed by atoms with Crippen LogP contribution in [0, 0.1) is 5.41 Å². The van der Waals surface area contributed by atoms with Gasteiger partial charge in [-0.15, -0.1) is 0 Å². The monoisotopic (exact) mass is 464 g/mol. The molecule has 0 amide bonds. The van der Waals surface area contributed by atoms with E-state index in [0.717, 1.165) is 41.3 Å². The Balaban J connectivity index is 2.13. The number of hydrogen-bond donors (Lipinski definition) is 0. The zero-order valence-electron chi connectivity index (χ0n) is 17.7. The average Bonchev–Trinajstić information content (AvgIpc) is 2.79. The van der Waals surface area contributed by atoms with Crippen molar-refractivity contribution in [3.8, 4) is 0 Å². The van der Waals surface area contributed by atoms with Crippen molar-refractivity contribution in [1.82, 2.24) is 0 Å². The maximum Gasteiger partial charge on any atom is 0.313 e. The van der Waals surface area contributed by atoms with E-state index in [1.165, 1.54) is 0 Å². The number of benzene rings is 3. The summed E-state index contributed by atoms with van der Waals surface area (Å²) in [6, 6.07) is 30.1. The predicted octanol–water partition coefficient (Wildman–Crippen LogP) is 7.11. The molecule has 0 N–H and O–H groups in total. The summed E-state index contributed by atoms with van der Waals surface area (Å²) < 4.78 is 6.54. The molecular weight excluding hydrogens is 436 g/mol. The molecule has 0 unspecified atom stereocenters. The van der Waals surface area contributed by atoms with E-state index in [0.29, 0.717) is 0 Å². The van der Waals surface area contributed by atoms with E-state index in [9.17, 15) is 4.79 Å². The number of halogens is 1. The summed E-state index contributed by atoms with van der Waals surface area (Å²) in [6.45, 7) is 3.96. The van der Waals surface area contributed by atoms with E-state index in [1.54, 1.807) is 0 Å². The second kappa shape index (κ2) is 10.1. The average molecular weight is 465 g/mol. The highest BCUT2D eigenvalue weighted by atomic mass is 79.9. The van der Waals surface area contributed by atoms with E-state index in [1.807, 2.05) is 105 Å². The summed E-state index contributed by atoms with van der Waals surface area (Å²) in [4.78, 5) is 13.6. The predicted molar refractivity (Wildman–Crippen MR) is 127 cm³/mol. The Hall–Kier alpha value is -2.39. The highest BCUT2D eigenvalue weighted by molar-refractivity contribution is 9.09. The molecule has 30 heavy (non-hydrogen) atoms. The third-order valence-electron chi connectivity index (χ3n) is 5.52. The minimum absolute atomic E-state index is 0.186. The summed E-state index contributed by atoms with van der Waals surface area (Å²) in [5.41, 5.74) is 1.23. The van der Waals surface area contributed by atoms with Crippen LogP contribution in [0.3, 0.4) is 0 Å². The Morgan fingerprint density at radius 2 is 1.13 bits per heavy atom. The number of carbonyl (C=O) groups is 1. The quantitative estimate of drug-likeness (QED) is 0.146. The maximum atomic E-state index is 13.6. The van der Waals surface area contributed by atoms with Gasteiger partial charge >= 0.3 is 5.97 Å². The molecule has 0 aromatic heterocycles. The third kappa shape index (κ3) is 4.84. The van der Waals surface area contributed by atoms with Crippen LogP contribution in [0.1, 0.15) is 49.8 Å². The molecular formula is C27H29BrO2. The van der Waals surface area contributed by atoms with Crippen LogP contribution in [0.5, 0.6) is 0 Å². The Morgan fingerprint density at radius 1 is 0.733 bits per heavy atom. The van der Waals surface area contributed by atoms with Crippen molar-refractivity contribution < 1.29 is 9.53 Å². The Morgan fingerprint density at radius 3 is 1.50 bits per heavy atom. The zero-order chi connectivity index (χ0) is 21.5. The molecule has 0 saturated heterocycles. The second-order valence-corrected chi connectivity index (χ2v) is 8.99. The minimum Gasteiger partial charge on any atom is -0.444 e. The van der Waals surface area contributed by atoms with Crippen LogP contribution in [0.25, 0.3) is 0 Å². The molecule has 0 radical (unpaired) electrons. The highest BCUT2D eigenvalue weighted by Crippen LogP contribution is 2.42. The summed E-state index contributed by atoms with van der Waals surface area (Å²) in [5, 5.41) is 0.945. The van der Waals surface area contributed by atoms with Gasteiger partial charge in [0.25, 0.3) is 0 Å². The maximum absolute atomic E-state index is 13.6. The number of esters is 1. The van der Waals surface area contributed by atoms with E-state index < -0.39 is 11.0 Å². The Labute approximate surface area is 188 Å². The topological polar surface area (TPSA) is 26.3 Å². The van der Waals surface area contributed by atoms with Gasteiger partial charge in [0.05, 0.1) is 5.41 Å². The third-order valence-corrected chi connectivity index (χ3v) is 6.09. The summed E-state index contributed by atoms with van der Waals surface area (Å²) >= 11 is 3.48. The van der Waals surface area contributed by atoms with Gasteiger partial charge in [0, 0.05) is 22.0 Å². The lowest BCUT2D eigenvalue weighted by Crippen LogP contribution is -2.40. The van der Waals surface area contributed by atoms with Gasteiger partial charge in [-0.25, -0.2) is 0 Å². The van der Waals surface area contributed by atoms with Gasteiger partial charge in [-0.1, -0.05) is 113 Å². The molecule has 0 bridgehead atoms. The zero-order valence-corrected chi connectivity index (χ0v) is 19.3. The first-order valence-electron chi connectivity index (χ1n) is 10.5. The fourth-order valence-corrected chi connectivity index (χ4v) is 4.13. The van der Waals surface area contributed by atoms with Crippen LogP contribution in [0.2, 0.25) is 0 Å². The van der Waals surface area contributed by atoms with Gasteiger partial charge in [0.1, 0.15) is 0 Å². The number of rotatable bonds is 9. The number of carbonyl (C=O) groups excluding carboxylic acids is 1. The van der Waals surface area contributed by atoms with Crippen molar-refractivity contribution >= 4 is 21.9 Å². The van der Waals surface area contributed by atoms with Crippen molar-refractivity contribution in [2.75, 3.05) is 5.33 Å². The first kappa shape index (κ1) is 22.3. The van der Waals surface area contributed by atoms with Gasteiger partial charge < -0.3 is 4.74 Å². The molecule has 3 aromatic rings. The second-order valence-electron chi connectivity index (χ2n) is 8.20. The van der Waals surface area contributed by atoms with Crippen LogP contribution < -0.4 is 0 Å². The van der Waals surface area contributed by atoms with Gasteiger partial charge in [0.15, 0.2) is 5.60 Å². The van der Waals surface area contributed by atoms with Crippen LogP contribution in [-0.4, -0.2) is 11.3 Å². The van der Waals surface area contributed by atoms with Gasteiger partial charge in [-0.05, 0) is 26.7 Å². The summed E-state index contributed by atoms with van der Waals surface area (Å²) in [5.74, 6) is -0.186. The Kier molecular flexibility index (Phi) is 7.49. The van der Waals surface area contributed by atoms with E-state index >= 15 is 0 Å². The van der Waals surface area contributed by atoms with Crippen LogP contribution in [-0.2, 0) is 15.1 Å². The van der Waals surface area contributed by atoms with Gasteiger partial charge in [0.2, 0.25) is 0 Å². The van der Waals surface area contributed by atoms with Crippen molar-refractivity contribution in [2.24, 2.45) is 5.41 Å². The van der Waals surface area contributed by atoms with Crippen molar-refractivity contribution in [3.05, 3.63) is 108 Å². The molecule has 0 spiro atoms. The molecule has 0 heterocycles. The first-order chi connectivity index (χ1) is 14.5. The molecule has 0 aliphatic rings. The largest absolute Gasteiger partial charge is 0.444 e. The van der Waals surface area contributed by atoms with Crippen LogP contribution in [0.15, 0.2) is 91.0 Å². The van der Waals surface area contributed by atoms with E-state index in [4.69, 9.17) is 4.74 Å². The summed E-state index contributed by atoms with van der Waals surface area (Å²) in [6.07, 6.45) is 2.80. The number of hydrogen-bond acceptors (Lipinski definition) is 2. The summed E-state index contributed by atoms with van der Waals surface area (Å²) in [7, 11) is 0. The van der Waals surface area contributed by atoms with Gasteiger partial charge in [-0.2, -0.15) is 0 Å². The minimum atomic E-state index is -1.01. The van der Waals surface area contributed by atoms with Crippen LogP contribution >= 0.6 is 15.9 Å². The highest BCUT2D eigenvalue weighted by Gasteiger charge is 2.43. The molecule has 3 heteroatoms. The lowest BCUT2D eigenvalue weighted by atomic mass is 9.79. The van der Waals surface area contributed by atoms with Gasteiger partial charge in [-0.3, -0.25) is 4.79 Å². The normalized spacial score (nSPS) is 11.8. The number of alkyl halides is 1. The molecule has 0 saturated carbocycles. The van der Waals surface area contributed by atoms with Crippen molar-refractivity contribution in [3.63, 3.8) is 0 Å². The molecule has 2 nitrogen and oxygen atoms in total. The molecule has 3 rings (SSSR count). The fourth-order valence-electron chi connectivity index (χ4n) is 3.74. The van der Waals surface area contributed by atoms with E-state index in [2.05, 4.69) is 15.9 Å². The number of unbranched alkanes of at least 4 members (excludes halogenated alkanes) is 1. The molecule has 3 aromatic carbocycles. The molecule has 0 aliphatic heterocycles. The SMILES string of the molecule is CC(C)(CCCCBr)C(=O)OC(c1ccccc1)(c1ccccc1)c1ccccc1. The lowest BCUT2D eigenvalue weighted by Gasteiger charge is -2.38. The molecule has 0 fully saturated rings. The standard InChI is InChI=1S/C27H29BrO2/c1-26(2,20-12-13-21-28)25(29)30-27(22-14-6-3-7-15-22,23-16-8-4-9-17-23)24-18-10-5-11-19-24/h3-11,14-19H,12-13,20-21H2,1-2H3. The van der Waals surface area contributed by atoms with Crippen molar-refractivity contribution in [2.45, 2.75) is 38.7 Å². The van der Waals surface area contributed by atoms with Crippen LogP contribution in [0.4, 0.5) is 0 Å². The first-order valence-corrected chi connectivity index (χ1v) is 11.6. The Bertz CT molecular complexity index is 824. The molecule has 156 valence electrons. The fraction of sp³-hybridized carbons (Fsp3) is 0.296. The molecule has 0 atom stereocenters.